The van der Waals surface area contributed by atoms with Gasteiger partial charge in [-0.3, -0.25) is 0 Å². The Morgan fingerprint density at radius 2 is 2.06 bits per heavy atom. The molecule has 1 nitrogen and oxygen atoms in total. The van der Waals surface area contributed by atoms with Crippen LogP contribution in [-0.4, -0.2) is 12.6 Å². The molecular formula is C14H22ClNS. The van der Waals surface area contributed by atoms with E-state index in [-0.39, 0.29) is 0 Å². The lowest BCUT2D eigenvalue weighted by molar-refractivity contribution is 0.247. The Kier molecular flexibility index (Phi) is 4.51. The van der Waals surface area contributed by atoms with Crippen LogP contribution >= 0.6 is 22.9 Å². The number of hydrogen-bond donors (Lipinski definition) is 1. The first kappa shape index (κ1) is 13.4. The van der Waals surface area contributed by atoms with E-state index < -0.39 is 0 Å². The minimum Gasteiger partial charge on any atom is -0.313 e. The van der Waals surface area contributed by atoms with Crippen molar-refractivity contribution in [1.29, 1.82) is 0 Å². The topological polar surface area (TPSA) is 12.0 Å². The van der Waals surface area contributed by atoms with Crippen LogP contribution in [0.25, 0.3) is 0 Å². The van der Waals surface area contributed by atoms with Gasteiger partial charge in [0, 0.05) is 17.5 Å². The summed E-state index contributed by atoms with van der Waals surface area (Å²) in [6.45, 7) is 5.78. The first-order chi connectivity index (χ1) is 8.17. The molecule has 0 unspecified atom stereocenters. The molecular weight excluding hydrogens is 250 g/mol. The molecule has 1 aliphatic rings. The SMILES string of the molecule is CCC(CC)(CNC1CC1)Cc1ccc(Cl)s1. The first-order valence-corrected chi connectivity index (χ1v) is 7.84. The molecule has 0 aliphatic heterocycles. The smallest absolute Gasteiger partial charge is 0.0931 e. The molecule has 1 heterocycles. The zero-order valence-corrected chi connectivity index (χ0v) is 12.3. The largest absolute Gasteiger partial charge is 0.313 e. The average Bonchev–Trinajstić information content (AvgIpc) is 3.08. The quantitative estimate of drug-likeness (QED) is 0.770. The Morgan fingerprint density at radius 1 is 1.35 bits per heavy atom. The molecule has 0 aromatic carbocycles. The van der Waals surface area contributed by atoms with Crippen LogP contribution in [0.15, 0.2) is 12.1 Å². The predicted octanol–water partition coefficient (Wildman–Crippen LogP) is 4.50. The van der Waals surface area contributed by atoms with Gasteiger partial charge < -0.3 is 5.32 Å². The Bertz CT molecular complexity index is 353. The van der Waals surface area contributed by atoms with Gasteiger partial charge in [0.1, 0.15) is 0 Å². The number of nitrogens with one attached hydrogen (secondary N) is 1. The van der Waals surface area contributed by atoms with Gasteiger partial charge in [0.2, 0.25) is 0 Å². The summed E-state index contributed by atoms with van der Waals surface area (Å²) in [5.41, 5.74) is 0.413. The molecule has 1 fully saturated rings. The molecule has 0 saturated heterocycles. The van der Waals surface area contributed by atoms with Crippen molar-refractivity contribution in [3.8, 4) is 0 Å². The number of rotatable bonds is 7. The van der Waals surface area contributed by atoms with Crippen molar-refractivity contribution < 1.29 is 0 Å². The molecule has 17 heavy (non-hydrogen) atoms. The number of halogens is 1. The van der Waals surface area contributed by atoms with Gasteiger partial charge in [0.15, 0.2) is 0 Å². The molecule has 1 aromatic rings. The summed E-state index contributed by atoms with van der Waals surface area (Å²) in [6.07, 6.45) is 6.37. The summed E-state index contributed by atoms with van der Waals surface area (Å²) in [5, 5.41) is 3.70. The molecule has 1 saturated carbocycles. The van der Waals surface area contributed by atoms with E-state index in [1.165, 1.54) is 30.6 Å². The minimum atomic E-state index is 0.413. The molecule has 0 bridgehead atoms. The lowest BCUT2D eigenvalue weighted by Gasteiger charge is -2.32. The van der Waals surface area contributed by atoms with E-state index in [2.05, 4.69) is 25.2 Å². The monoisotopic (exact) mass is 271 g/mol. The average molecular weight is 272 g/mol. The van der Waals surface area contributed by atoms with Crippen LogP contribution in [0.1, 0.15) is 44.4 Å². The van der Waals surface area contributed by atoms with E-state index in [1.54, 1.807) is 11.3 Å². The van der Waals surface area contributed by atoms with E-state index in [0.29, 0.717) is 5.41 Å². The molecule has 0 spiro atoms. The van der Waals surface area contributed by atoms with Crippen LogP contribution in [0.4, 0.5) is 0 Å². The standard InChI is InChI=1S/C14H22ClNS/c1-3-14(4-2,10-16-11-5-6-11)9-12-7-8-13(15)17-12/h7-8,11,16H,3-6,9-10H2,1-2H3. The fraction of sp³-hybridized carbons (Fsp3) is 0.714. The summed E-state index contributed by atoms with van der Waals surface area (Å²) in [5.74, 6) is 0. The highest BCUT2D eigenvalue weighted by molar-refractivity contribution is 7.16. The molecule has 2 rings (SSSR count). The second kappa shape index (κ2) is 5.73. The summed E-state index contributed by atoms with van der Waals surface area (Å²) in [7, 11) is 0. The van der Waals surface area contributed by atoms with Gasteiger partial charge in [-0.25, -0.2) is 0 Å². The fourth-order valence-electron chi connectivity index (χ4n) is 2.28. The molecule has 0 amide bonds. The zero-order chi connectivity index (χ0) is 12.3. The maximum absolute atomic E-state index is 6.02. The van der Waals surface area contributed by atoms with Crippen molar-refractivity contribution in [3.05, 3.63) is 21.3 Å². The number of thiophene rings is 1. The summed E-state index contributed by atoms with van der Waals surface area (Å²) >= 11 is 7.75. The fourth-order valence-corrected chi connectivity index (χ4v) is 3.54. The van der Waals surface area contributed by atoms with Gasteiger partial charge >= 0.3 is 0 Å². The highest BCUT2D eigenvalue weighted by atomic mass is 35.5. The predicted molar refractivity (Wildman–Crippen MR) is 77.1 cm³/mol. The van der Waals surface area contributed by atoms with Crippen molar-refractivity contribution in [2.24, 2.45) is 5.41 Å². The molecule has 0 radical (unpaired) electrons. The zero-order valence-electron chi connectivity index (χ0n) is 10.8. The highest BCUT2D eigenvalue weighted by Gasteiger charge is 2.30. The molecule has 1 aromatic heterocycles. The maximum Gasteiger partial charge on any atom is 0.0931 e. The van der Waals surface area contributed by atoms with Gasteiger partial charge in [0.25, 0.3) is 0 Å². The van der Waals surface area contributed by atoms with Crippen LogP contribution in [0.3, 0.4) is 0 Å². The van der Waals surface area contributed by atoms with Gasteiger partial charge in [0.05, 0.1) is 4.34 Å². The van der Waals surface area contributed by atoms with Crippen LogP contribution < -0.4 is 5.32 Å². The maximum atomic E-state index is 6.02. The molecule has 1 aliphatic carbocycles. The van der Waals surface area contributed by atoms with E-state index in [9.17, 15) is 0 Å². The van der Waals surface area contributed by atoms with Crippen molar-refractivity contribution >= 4 is 22.9 Å². The Morgan fingerprint density at radius 3 is 2.53 bits per heavy atom. The normalized spacial score (nSPS) is 16.4. The second-order valence-electron chi connectivity index (χ2n) is 5.24. The van der Waals surface area contributed by atoms with Crippen LogP contribution in [0, 0.1) is 5.41 Å². The molecule has 1 N–H and O–H groups in total. The second-order valence-corrected chi connectivity index (χ2v) is 7.04. The van der Waals surface area contributed by atoms with Gasteiger partial charge in [-0.1, -0.05) is 25.4 Å². The Labute approximate surface area is 114 Å². The van der Waals surface area contributed by atoms with Crippen LogP contribution in [0.2, 0.25) is 4.34 Å². The van der Waals surface area contributed by atoms with E-state index >= 15 is 0 Å². The van der Waals surface area contributed by atoms with Crippen LogP contribution in [0.5, 0.6) is 0 Å². The van der Waals surface area contributed by atoms with E-state index in [4.69, 9.17) is 11.6 Å². The Balaban J connectivity index is 1.98. The number of hydrogen-bond acceptors (Lipinski definition) is 2. The minimum absolute atomic E-state index is 0.413. The summed E-state index contributed by atoms with van der Waals surface area (Å²) in [4.78, 5) is 1.43. The molecule has 0 atom stereocenters. The third kappa shape index (κ3) is 3.70. The van der Waals surface area contributed by atoms with Crippen molar-refractivity contribution in [2.45, 2.75) is 52.0 Å². The molecule has 3 heteroatoms. The highest BCUT2D eigenvalue weighted by Crippen LogP contribution is 2.35. The van der Waals surface area contributed by atoms with Crippen LogP contribution in [-0.2, 0) is 6.42 Å². The van der Waals surface area contributed by atoms with Crippen molar-refractivity contribution in [1.82, 2.24) is 5.32 Å². The van der Waals surface area contributed by atoms with Gasteiger partial charge in [-0.2, -0.15) is 0 Å². The van der Waals surface area contributed by atoms with Crippen molar-refractivity contribution in [2.75, 3.05) is 6.54 Å². The third-order valence-electron chi connectivity index (χ3n) is 4.02. The van der Waals surface area contributed by atoms with Gasteiger partial charge in [-0.05, 0) is 49.7 Å². The van der Waals surface area contributed by atoms with E-state index in [1.807, 2.05) is 6.07 Å². The van der Waals surface area contributed by atoms with E-state index in [0.717, 1.165) is 23.3 Å². The summed E-state index contributed by atoms with van der Waals surface area (Å²) in [6, 6.07) is 5.01. The first-order valence-electron chi connectivity index (χ1n) is 6.65. The lowest BCUT2D eigenvalue weighted by Crippen LogP contribution is -2.36. The third-order valence-corrected chi connectivity index (χ3v) is 5.25. The Hall–Kier alpha value is -0.0500. The van der Waals surface area contributed by atoms with Gasteiger partial charge in [-0.15, -0.1) is 11.3 Å². The lowest BCUT2D eigenvalue weighted by atomic mass is 9.78. The summed E-state index contributed by atoms with van der Waals surface area (Å²) < 4.78 is 0.913. The molecule has 96 valence electrons. The van der Waals surface area contributed by atoms with Crippen molar-refractivity contribution in [3.63, 3.8) is 0 Å².